The molecule has 0 saturated heterocycles. The molecule has 3 heterocycles. The summed E-state index contributed by atoms with van der Waals surface area (Å²) in [5.41, 5.74) is 2.94. The van der Waals surface area contributed by atoms with Crippen LogP contribution in [0.5, 0.6) is 0 Å². The first kappa shape index (κ1) is 14.7. The minimum atomic E-state index is 0.446. The zero-order valence-corrected chi connectivity index (χ0v) is 13.3. The summed E-state index contributed by atoms with van der Waals surface area (Å²) >= 11 is 0. The number of nitrogens with zero attached hydrogens (tertiary/aromatic N) is 5. The molecule has 122 valence electrons. The standard InChI is InChI=1S/C16H17N7O/c1-3-13-11(9-18-23(13)6-7-24-2)19-16-14-12(8-17-22-14)20-15(21-16)10-4-5-10/h1,8-10H,4-7H2,2H3,(H,17,22)(H,19,20,21). The fourth-order valence-electron chi connectivity index (χ4n) is 2.58. The molecule has 1 fully saturated rings. The molecule has 0 amide bonds. The number of ether oxygens (including phenoxy) is 1. The second-order valence-electron chi connectivity index (χ2n) is 5.73. The lowest BCUT2D eigenvalue weighted by Gasteiger charge is -2.08. The van der Waals surface area contributed by atoms with Crippen molar-refractivity contribution < 1.29 is 4.74 Å². The number of rotatable bonds is 6. The van der Waals surface area contributed by atoms with Gasteiger partial charge >= 0.3 is 0 Å². The molecule has 1 aliphatic rings. The largest absolute Gasteiger partial charge is 0.383 e. The SMILES string of the molecule is C#Cc1c(Nc2nc(C3CC3)nc3cn[nH]c23)cnn1CCOC. The number of hydrogen-bond donors (Lipinski definition) is 2. The van der Waals surface area contributed by atoms with Crippen LogP contribution in [0.3, 0.4) is 0 Å². The highest BCUT2D eigenvalue weighted by Crippen LogP contribution is 2.39. The van der Waals surface area contributed by atoms with Crippen LogP contribution in [0.15, 0.2) is 12.4 Å². The summed E-state index contributed by atoms with van der Waals surface area (Å²) in [6, 6.07) is 0. The number of H-pyrrole nitrogens is 1. The van der Waals surface area contributed by atoms with Gasteiger partial charge in [0.1, 0.15) is 22.6 Å². The molecular formula is C16H17N7O. The molecule has 4 rings (SSSR count). The zero-order chi connectivity index (χ0) is 16.5. The third kappa shape index (κ3) is 2.59. The van der Waals surface area contributed by atoms with Gasteiger partial charge in [0.2, 0.25) is 0 Å². The molecule has 0 aliphatic heterocycles. The van der Waals surface area contributed by atoms with E-state index in [9.17, 15) is 0 Å². The van der Waals surface area contributed by atoms with Gasteiger partial charge < -0.3 is 10.1 Å². The van der Waals surface area contributed by atoms with Crippen LogP contribution >= 0.6 is 0 Å². The van der Waals surface area contributed by atoms with Crippen LogP contribution in [0.1, 0.15) is 30.3 Å². The van der Waals surface area contributed by atoms with Gasteiger partial charge in [-0.25, -0.2) is 9.97 Å². The monoisotopic (exact) mass is 323 g/mol. The highest BCUT2D eigenvalue weighted by atomic mass is 16.5. The quantitative estimate of drug-likeness (QED) is 0.672. The van der Waals surface area contributed by atoms with Crippen LogP contribution in [-0.4, -0.2) is 43.7 Å². The van der Waals surface area contributed by atoms with Gasteiger partial charge in [0.25, 0.3) is 0 Å². The fourth-order valence-corrected chi connectivity index (χ4v) is 2.58. The predicted molar refractivity (Wildman–Crippen MR) is 89.0 cm³/mol. The van der Waals surface area contributed by atoms with Crippen molar-refractivity contribution in [1.29, 1.82) is 0 Å². The van der Waals surface area contributed by atoms with E-state index in [1.54, 1.807) is 24.2 Å². The Kier molecular flexibility index (Phi) is 3.63. The third-order valence-corrected chi connectivity index (χ3v) is 4.00. The number of aromatic nitrogens is 6. The van der Waals surface area contributed by atoms with Gasteiger partial charge in [0, 0.05) is 13.0 Å². The lowest BCUT2D eigenvalue weighted by Crippen LogP contribution is -2.08. The van der Waals surface area contributed by atoms with Crippen molar-refractivity contribution >= 4 is 22.5 Å². The summed E-state index contributed by atoms with van der Waals surface area (Å²) in [4.78, 5) is 9.22. The molecule has 2 N–H and O–H groups in total. The van der Waals surface area contributed by atoms with E-state index in [2.05, 4.69) is 36.5 Å². The normalized spacial score (nSPS) is 14.0. The van der Waals surface area contributed by atoms with Crippen LogP contribution in [-0.2, 0) is 11.3 Å². The second kappa shape index (κ2) is 5.94. The summed E-state index contributed by atoms with van der Waals surface area (Å²) in [5.74, 6) is 4.64. The zero-order valence-electron chi connectivity index (χ0n) is 13.3. The molecule has 0 aromatic carbocycles. The van der Waals surface area contributed by atoms with Crippen molar-refractivity contribution in [3.63, 3.8) is 0 Å². The van der Waals surface area contributed by atoms with Gasteiger partial charge in [-0.2, -0.15) is 10.2 Å². The Hall–Kier alpha value is -2.92. The van der Waals surface area contributed by atoms with E-state index < -0.39 is 0 Å². The maximum atomic E-state index is 5.66. The molecular weight excluding hydrogens is 306 g/mol. The number of hydrogen-bond acceptors (Lipinski definition) is 6. The molecule has 8 nitrogen and oxygen atoms in total. The highest BCUT2D eigenvalue weighted by molar-refractivity contribution is 5.87. The Bertz CT molecular complexity index is 916. The van der Waals surface area contributed by atoms with E-state index in [1.807, 2.05) is 0 Å². The van der Waals surface area contributed by atoms with Crippen molar-refractivity contribution in [2.45, 2.75) is 25.3 Å². The molecule has 24 heavy (non-hydrogen) atoms. The summed E-state index contributed by atoms with van der Waals surface area (Å²) in [7, 11) is 1.65. The van der Waals surface area contributed by atoms with E-state index in [-0.39, 0.29) is 0 Å². The van der Waals surface area contributed by atoms with E-state index >= 15 is 0 Å². The Labute approximate surface area is 138 Å². The average molecular weight is 323 g/mol. The van der Waals surface area contributed by atoms with Gasteiger partial charge in [0.15, 0.2) is 5.82 Å². The van der Waals surface area contributed by atoms with E-state index in [0.29, 0.717) is 30.6 Å². The van der Waals surface area contributed by atoms with E-state index in [4.69, 9.17) is 11.2 Å². The third-order valence-electron chi connectivity index (χ3n) is 4.00. The number of terminal acetylenes is 1. The molecule has 0 radical (unpaired) electrons. The summed E-state index contributed by atoms with van der Waals surface area (Å²) in [6.45, 7) is 1.13. The molecule has 8 heteroatoms. The van der Waals surface area contributed by atoms with Gasteiger partial charge in [-0.05, 0) is 18.8 Å². The van der Waals surface area contributed by atoms with Gasteiger partial charge in [-0.15, -0.1) is 6.42 Å². The van der Waals surface area contributed by atoms with Crippen molar-refractivity contribution in [1.82, 2.24) is 29.9 Å². The number of fused-ring (bicyclic) bond motifs is 1. The first-order chi connectivity index (χ1) is 11.8. The number of anilines is 2. The van der Waals surface area contributed by atoms with Crippen LogP contribution in [0, 0.1) is 12.3 Å². The van der Waals surface area contributed by atoms with Crippen LogP contribution in [0.25, 0.3) is 11.0 Å². The summed E-state index contributed by atoms with van der Waals surface area (Å²) in [5, 5.41) is 14.6. The lowest BCUT2D eigenvalue weighted by atomic mass is 10.3. The van der Waals surface area contributed by atoms with Crippen molar-refractivity contribution in [2.24, 2.45) is 0 Å². The maximum Gasteiger partial charge on any atom is 0.160 e. The van der Waals surface area contributed by atoms with Gasteiger partial charge in [0.05, 0.1) is 31.2 Å². The van der Waals surface area contributed by atoms with E-state index in [0.717, 1.165) is 35.4 Å². The van der Waals surface area contributed by atoms with Gasteiger partial charge in [-0.3, -0.25) is 9.78 Å². The minimum Gasteiger partial charge on any atom is -0.383 e. The second-order valence-corrected chi connectivity index (χ2v) is 5.73. The number of methoxy groups -OCH3 is 1. The molecule has 1 saturated carbocycles. The topological polar surface area (TPSA) is 93.5 Å². The first-order valence-corrected chi connectivity index (χ1v) is 7.79. The molecule has 3 aromatic rings. The Morgan fingerprint density at radius 3 is 3.04 bits per heavy atom. The minimum absolute atomic E-state index is 0.446. The smallest absolute Gasteiger partial charge is 0.160 e. The molecule has 0 spiro atoms. The van der Waals surface area contributed by atoms with Crippen LogP contribution in [0.4, 0.5) is 11.5 Å². The first-order valence-electron chi connectivity index (χ1n) is 7.79. The van der Waals surface area contributed by atoms with Crippen LogP contribution in [0.2, 0.25) is 0 Å². The van der Waals surface area contributed by atoms with Crippen molar-refractivity contribution in [2.75, 3.05) is 19.0 Å². The Balaban J connectivity index is 1.70. The predicted octanol–water partition coefficient (Wildman–Crippen LogP) is 1.80. The lowest BCUT2D eigenvalue weighted by molar-refractivity contribution is 0.183. The molecule has 0 atom stereocenters. The van der Waals surface area contributed by atoms with Gasteiger partial charge in [-0.1, -0.05) is 0 Å². The molecule has 0 unspecified atom stereocenters. The number of aromatic amines is 1. The summed E-state index contributed by atoms with van der Waals surface area (Å²) < 4.78 is 6.82. The van der Waals surface area contributed by atoms with Crippen molar-refractivity contribution in [3.05, 3.63) is 23.9 Å². The maximum absolute atomic E-state index is 5.66. The Morgan fingerprint density at radius 2 is 2.29 bits per heavy atom. The van der Waals surface area contributed by atoms with Crippen molar-refractivity contribution in [3.8, 4) is 12.3 Å². The highest BCUT2D eigenvalue weighted by Gasteiger charge is 2.28. The molecule has 0 bridgehead atoms. The fraction of sp³-hybridized carbons (Fsp3) is 0.375. The van der Waals surface area contributed by atoms with E-state index in [1.165, 1.54) is 0 Å². The molecule has 1 aliphatic carbocycles. The van der Waals surface area contributed by atoms with Crippen LogP contribution < -0.4 is 5.32 Å². The molecule has 3 aromatic heterocycles. The number of nitrogens with one attached hydrogen (secondary N) is 2. The Morgan fingerprint density at radius 1 is 1.42 bits per heavy atom. The average Bonchev–Trinajstić information content (AvgIpc) is 3.21. The summed E-state index contributed by atoms with van der Waals surface area (Å²) in [6.07, 6.45) is 11.3.